The lowest BCUT2D eigenvalue weighted by Gasteiger charge is -2.19. The Bertz CT molecular complexity index is 791. The van der Waals surface area contributed by atoms with Gasteiger partial charge >= 0.3 is 0 Å². The van der Waals surface area contributed by atoms with Crippen LogP contribution in [0.2, 0.25) is 0 Å². The highest BCUT2D eigenvalue weighted by Gasteiger charge is 2.45. The standard InChI is InChI=1S/C19H20F3N3.HI/c1-23-18(24-11-13-10-14(20)6-7-16(13)21)25-12-19(8-9-19)15-4-2-3-5-17(15)22;/h2-7,10H,8-9,11-12H2,1H3,(H2,23,24,25);1H. The Morgan fingerprint density at radius 2 is 1.77 bits per heavy atom. The van der Waals surface area contributed by atoms with Crippen LogP contribution in [0.5, 0.6) is 0 Å². The molecule has 0 radical (unpaired) electrons. The van der Waals surface area contributed by atoms with Crippen molar-refractivity contribution in [1.29, 1.82) is 0 Å². The molecule has 0 saturated heterocycles. The summed E-state index contributed by atoms with van der Waals surface area (Å²) in [5.41, 5.74) is 0.694. The number of aliphatic imine (C=N–C) groups is 1. The number of benzene rings is 2. The molecule has 2 aromatic rings. The molecule has 3 rings (SSSR count). The zero-order valence-electron chi connectivity index (χ0n) is 14.4. The smallest absolute Gasteiger partial charge is 0.191 e. The predicted octanol–water partition coefficient (Wildman–Crippen LogP) is 4.12. The summed E-state index contributed by atoms with van der Waals surface area (Å²) in [6, 6.07) is 10.1. The third-order valence-corrected chi connectivity index (χ3v) is 4.57. The maximum Gasteiger partial charge on any atom is 0.191 e. The lowest BCUT2D eigenvalue weighted by Crippen LogP contribution is -2.41. The van der Waals surface area contributed by atoms with Crippen molar-refractivity contribution in [2.24, 2.45) is 4.99 Å². The van der Waals surface area contributed by atoms with Crippen molar-refractivity contribution >= 4 is 29.9 Å². The molecule has 7 heteroatoms. The quantitative estimate of drug-likeness (QED) is 0.388. The molecule has 0 heterocycles. The highest BCUT2D eigenvalue weighted by atomic mass is 127. The molecule has 0 aromatic heterocycles. The van der Waals surface area contributed by atoms with Crippen LogP contribution < -0.4 is 10.6 Å². The molecule has 1 aliphatic rings. The van der Waals surface area contributed by atoms with E-state index in [-0.39, 0.29) is 47.3 Å². The van der Waals surface area contributed by atoms with Crippen molar-refractivity contribution in [2.75, 3.05) is 13.6 Å². The van der Waals surface area contributed by atoms with Gasteiger partial charge < -0.3 is 10.6 Å². The van der Waals surface area contributed by atoms with Crippen LogP contribution in [0.3, 0.4) is 0 Å². The van der Waals surface area contributed by atoms with E-state index in [0.717, 1.165) is 31.0 Å². The van der Waals surface area contributed by atoms with Gasteiger partial charge in [-0.1, -0.05) is 18.2 Å². The third kappa shape index (κ3) is 4.69. The van der Waals surface area contributed by atoms with Gasteiger partial charge in [-0.2, -0.15) is 0 Å². The van der Waals surface area contributed by atoms with Crippen LogP contribution in [0.15, 0.2) is 47.5 Å². The van der Waals surface area contributed by atoms with Crippen molar-refractivity contribution in [3.05, 3.63) is 71.0 Å². The molecule has 0 spiro atoms. The zero-order valence-corrected chi connectivity index (χ0v) is 16.7. The van der Waals surface area contributed by atoms with Gasteiger partial charge in [0.15, 0.2) is 5.96 Å². The Hall–Kier alpha value is -1.77. The Balaban J connectivity index is 0.00000243. The van der Waals surface area contributed by atoms with Gasteiger partial charge in [0.25, 0.3) is 0 Å². The molecule has 26 heavy (non-hydrogen) atoms. The van der Waals surface area contributed by atoms with E-state index in [0.29, 0.717) is 18.1 Å². The first-order valence-corrected chi connectivity index (χ1v) is 8.17. The highest BCUT2D eigenvalue weighted by molar-refractivity contribution is 14.0. The molecule has 1 aliphatic carbocycles. The highest BCUT2D eigenvalue weighted by Crippen LogP contribution is 2.48. The fourth-order valence-electron chi connectivity index (χ4n) is 2.91. The molecule has 0 aliphatic heterocycles. The van der Waals surface area contributed by atoms with Gasteiger partial charge in [-0.05, 0) is 42.7 Å². The van der Waals surface area contributed by atoms with Gasteiger partial charge in [0.1, 0.15) is 17.5 Å². The second kappa shape index (κ2) is 8.75. The maximum absolute atomic E-state index is 14.0. The van der Waals surface area contributed by atoms with E-state index in [1.165, 1.54) is 6.07 Å². The summed E-state index contributed by atoms with van der Waals surface area (Å²) < 4.78 is 40.9. The molecule has 1 saturated carbocycles. The average molecular weight is 475 g/mol. The second-order valence-electron chi connectivity index (χ2n) is 6.28. The number of nitrogens with zero attached hydrogens (tertiary/aromatic N) is 1. The van der Waals surface area contributed by atoms with Gasteiger partial charge in [-0.3, -0.25) is 4.99 Å². The van der Waals surface area contributed by atoms with Gasteiger partial charge in [-0.25, -0.2) is 13.2 Å². The summed E-state index contributed by atoms with van der Waals surface area (Å²) >= 11 is 0. The molecule has 0 atom stereocenters. The minimum Gasteiger partial charge on any atom is -0.356 e. The van der Waals surface area contributed by atoms with E-state index in [1.807, 2.05) is 12.1 Å². The number of hydrogen-bond acceptors (Lipinski definition) is 1. The van der Waals surface area contributed by atoms with Crippen LogP contribution in [-0.4, -0.2) is 19.6 Å². The van der Waals surface area contributed by atoms with Crippen LogP contribution in [0, 0.1) is 17.5 Å². The molecule has 2 aromatic carbocycles. The molecule has 0 amide bonds. The lowest BCUT2D eigenvalue weighted by atomic mass is 9.95. The topological polar surface area (TPSA) is 36.4 Å². The van der Waals surface area contributed by atoms with Crippen molar-refractivity contribution in [3.63, 3.8) is 0 Å². The maximum atomic E-state index is 14.0. The average Bonchev–Trinajstić information content (AvgIpc) is 3.39. The van der Waals surface area contributed by atoms with Crippen molar-refractivity contribution in [3.8, 4) is 0 Å². The SMILES string of the molecule is CN=C(NCc1cc(F)ccc1F)NCC1(c2ccccc2F)CC1.I. The van der Waals surface area contributed by atoms with Crippen molar-refractivity contribution in [2.45, 2.75) is 24.8 Å². The third-order valence-electron chi connectivity index (χ3n) is 4.57. The van der Waals surface area contributed by atoms with E-state index in [1.54, 1.807) is 13.1 Å². The lowest BCUT2D eigenvalue weighted by molar-refractivity contribution is 0.558. The Morgan fingerprint density at radius 3 is 2.42 bits per heavy atom. The molecular weight excluding hydrogens is 454 g/mol. The largest absolute Gasteiger partial charge is 0.356 e. The zero-order chi connectivity index (χ0) is 17.9. The van der Waals surface area contributed by atoms with E-state index in [9.17, 15) is 13.2 Å². The Kier molecular flexibility index (Phi) is 6.91. The first-order chi connectivity index (χ1) is 12.0. The van der Waals surface area contributed by atoms with Crippen LogP contribution >= 0.6 is 24.0 Å². The molecule has 1 fully saturated rings. The predicted molar refractivity (Wildman–Crippen MR) is 107 cm³/mol. The number of halogens is 4. The van der Waals surface area contributed by atoms with E-state index >= 15 is 0 Å². The van der Waals surface area contributed by atoms with E-state index in [4.69, 9.17) is 0 Å². The van der Waals surface area contributed by atoms with Gasteiger partial charge in [-0.15, -0.1) is 24.0 Å². The molecule has 3 nitrogen and oxygen atoms in total. The summed E-state index contributed by atoms with van der Waals surface area (Å²) in [5, 5.41) is 6.12. The second-order valence-corrected chi connectivity index (χ2v) is 6.28. The number of nitrogens with one attached hydrogen (secondary N) is 2. The summed E-state index contributed by atoms with van der Waals surface area (Å²) in [5.74, 6) is -0.704. The Morgan fingerprint density at radius 1 is 1.04 bits per heavy atom. The first kappa shape index (κ1) is 20.5. The number of rotatable bonds is 5. The van der Waals surface area contributed by atoms with Gasteiger partial charge in [0.2, 0.25) is 0 Å². The number of hydrogen-bond donors (Lipinski definition) is 2. The van der Waals surface area contributed by atoms with E-state index in [2.05, 4.69) is 15.6 Å². The summed E-state index contributed by atoms with van der Waals surface area (Å²) in [7, 11) is 1.60. The minimum atomic E-state index is -0.488. The summed E-state index contributed by atoms with van der Waals surface area (Å²) in [4.78, 5) is 4.09. The number of guanidine groups is 1. The van der Waals surface area contributed by atoms with Gasteiger partial charge in [0, 0.05) is 31.1 Å². The van der Waals surface area contributed by atoms with Crippen LogP contribution in [0.1, 0.15) is 24.0 Å². The van der Waals surface area contributed by atoms with Crippen LogP contribution in [0.4, 0.5) is 13.2 Å². The van der Waals surface area contributed by atoms with E-state index < -0.39 is 11.6 Å². The first-order valence-electron chi connectivity index (χ1n) is 8.17. The summed E-state index contributed by atoms with van der Waals surface area (Å²) in [6.45, 7) is 0.634. The van der Waals surface area contributed by atoms with Crippen molar-refractivity contribution in [1.82, 2.24) is 10.6 Å². The summed E-state index contributed by atoms with van der Waals surface area (Å²) in [6.07, 6.45) is 1.80. The monoisotopic (exact) mass is 475 g/mol. The minimum absolute atomic E-state index is 0. The Labute approximate surface area is 168 Å². The fraction of sp³-hybridized carbons (Fsp3) is 0.316. The van der Waals surface area contributed by atoms with Crippen LogP contribution in [0.25, 0.3) is 0 Å². The molecule has 0 bridgehead atoms. The fourth-order valence-corrected chi connectivity index (χ4v) is 2.91. The van der Waals surface area contributed by atoms with Crippen LogP contribution in [-0.2, 0) is 12.0 Å². The van der Waals surface area contributed by atoms with Gasteiger partial charge in [0.05, 0.1) is 0 Å². The molecular formula is C19H21F3IN3. The molecule has 140 valence electrons. The molecule has 0 unspecified atom stereocenters. The van der Waals surface area contributed by atoms with Crippen molar-refractivity contribution < 1.29 is 13.2 Å². The molecule has 2 N–H and O–H groups in total. The normalized spacial score (nSPS) is 15.2.